The van der Waals surface area contributed by atoms with Crippen molar-refractivity contribution in [2.24, 2.45) is 4.99 Å². The van der Waals surface area contributed by atoms with Crippen molar-refractivity contribution in [1.29, 1.82) is 0 Å². The lowest BCUT2D eigenvalue weighted by atomic mass is 10.4. The Kier molecular flexibility index (Phi) is 15.8. The highest BCUT2D eigenvalue weighted by atomic mass is 127. The molecule has 0 aromatic carbocycles. The summed E-state index contributed by atoms with van der Waals surface area (Å²) < 4.78 is 4.98. The first-order valence-corrected chi connectivity index (χ1v) is 5.86. The highest BCUT2D eigenvalue weighted by Gasteiger charge is 1.97. The molecule has 0 aromatic heterocycles. The van der Waals surface area contributed by atoms with Crippen LogP contribution in [0.2, 0.25) is 0 Å². The zero-order chi connectivity index (χ0) is 12.2. The number of hydrogen-bond donors (Lipinski definition) is 2. The van der Waals surface area contributed by atoms with Gasteiger partial charge in [0.25, 0.3) is 0 Å². The summed E-state index contributed by atoms with van der Waals surface area (Å²) in [5.41, 5.74) is 0. The predicted molar refractivity (Wildman–Crippen MR) is 84.4 cm³/mol. The first kappa shape index (κ1) is 19.3. The van der Waals surface area contributed by atoms with E-state index in [9.17, 15) is 0 Å². The molecule has 0 saturated carbocycles. The second-order valence-electron chi connectivity index (χ2n) is 3.67. The van der Waals surface area contributed by atoms with Crippen molar-refractivity contribution in [2.45, 2.75) is 13.3 Å². The molecule has 0 spiro atoms. The molecule has 0 unspecified atom stereocenters. The predicted octanol–water partition coefficient (Wildman–Crippen LogP) is 0.758. The lowest BCUT2D eigenvalue weighted by molar-refractivity contribution is 0.195. The summed E-state index contributed by atoms with van der Waals surface area (Å²) in [6.45, 7) is 6.82. The van der Waals surface area contributed by atoms with Crippen molar-refractivity contribution in [1.82, 2.24) is 15.5 Å². The SMILES string of the molecule is CCN(C)CCNC(=NC)NCCCOC.I. The number of nitrogens with one attached hydrogen (secondary N) is 2. The third-order valence-corrected chi connectivity index (χ3v) is 2.37. The molecule has 0 atom stereocenters. The van der Waals surface area contributed by atoms with E-state index < -0.39 is 0 Å². The molecule has 0 fully saturated rings. The quantitative estimate of drug-likeness (QED) is 0.291. The van der Waals surface area contributed by atoms with Gasteiger partial charge >= 0.3 is 0 Å². The zero-order valence-corrected chi connectivity index (χ0v) is 13.8. The highest BCUT2D eigenvalue weighted by Crippen LogP contribution is 1.80. The first-order valence-electron chi connectivity index (χ1n) is 5.86. The summed E-state index contributed by atoms with van der Waals surface area (Å²) in [5, 5.41) is 6.50. The average molecular weight is 358 g/mol. The van der Waals surface area contributed by atoms with Crippen LogP contribution in [0.25, 0.3) is 0 Å². The van der Waals surface area contributed by atoms with Gasteiger partial charge in [0.15, 0.2) is 5.96 Å². The largest absolute Gasteiger partial charge is 0.385 e. The second kappa shape index (κ2) is 14.0. The molecule has 0 aliphatic carbocycles. The molecule has 0 bridgehead atoms. The van der Waals surface area contributed by atoms with Crippen LogP contribution in [0.5, 0.6) is 0 Å². The fourth-order valence-electron chi connectivity index (χ4n) is 1.17. The number of ether oxygens (including phenoxy) is 1. The Morgan fingerprint density at radius 2 is 1.94 bits per heavy atom. The van der Waals surface area contributed by atoms with E-state index in [1.807, 2.05) is 0 Å². The van der Waals surface area contributed by atoms with Crippen LogP contribution in [0.4, 0.5) is 0 Å². The van der Waals surface area contributed by atoms with E-state index in [2.05, 4.69) is 34.5 Å². The summed E-state index contributed by atoms with van der Waals surface area (Å²) in [6.07, 6.45) is 0.992. The number of likely N-dealkylation sites (N-methyl/N-ethyl adjacent to an activating group) is 1. The van der Waals surface area contributed by atoms with Gasteiger partial charge in [0, 0.05) is 40.4 Å². The molecule has 0 amide bonds. The van der Waals surface area contributed by atoms with Gasteiger partial charge in [-0.2, -0.15) is 0 Å². The van der Waals surface area contributed by atoms with Crippen LogP contribution >= 0.6 is 24.0 Å². The van der Waals surface area contributed by atoms with Crippen molar-refractivity contribution in [2.75, 3.05) is 54.0 Å². The lowest BCUT2D eigenvalue weighted by Crippen LogP contribution is -2.41. The Hall–Kier alpha value is -0.0800. The Bertz CT molecular complexity index is 190. The smallest absolute Gasteiger partial charge is 0.191 e. The van der Waals surface area contributed by atoms with E-state index in [0.717, 1.165) is 45.2 Å². The minimum absolute atomic E-state index is 0. The van der Waals surface area contributed by atoms with Gasteiger partial charge in [-0.15, -0.1) is 24.0 Å². The monoisotopic (exact) mass is 358 g/mol. The maximum absolute atomic E-state index is 4.98. The second-order valence-corrected chi connectivity index (χ2v) is 3.67. The van der Waals surface area contributed by atoms with E-state index in [1.165, 1.54) is 0 Å². The molecule has 0 aliphatic heterocycles. The molecule has 17 heavy (non-hydrogen) atoms. The van der Waals surface area contributed by atoms with E-state index in [-0.39, 0.29) is 24.0 Å². The molecule has 0 aromatic rings. The number of methoxy groups -OCH3 is 1. The molecular weight excluding hydrogens is 331 g/mol. The number of halogens is 1. The van der Waals surface area contributed by atoms with Crippen molar-refractivity contribution < 1.29 is 4.74 Å². The van der Waals surface area contributed by atoms with Gasteiger partial charge in [-0.25, -0.2) is 0 Å². The average Bonchev–Trinajstić information content (AvgIpc) is 2.31. The number of hydrogen-bond acceptors (Lipinski definition) is 3. The van der Waals surface area contributed by atoms with Gasteiger partial charge in [-0.3, -0.25) is 4.99 Å². The standard InChI is InChI=1S/C11H26N4O.HI/c1-5-15(3)9-8-14-11(12-2)13-7-6-10-16-4;/h5-10H2,1-4H3,(H2,12,13,14);1H. The molecule has 0 aliphatic rings. The highest BCUT2D eigenvalue weighted by molar-refractivity contribution is 14.0. The maximum atomic E-state index is 4.98. The van der Waals surface area contributed by atoms with Crippen LogP contribution in [0.1, 0.15) is 13.3 Å². The molecular formula is C11H27IN4O. The summed E-state index contributed by atoms with van der Waals surface area (Å²) in [5.74, 6) is 0.862. The lowest BCUT2D eigenvalue weighted by Gasteiger charge is -2.16. The molecule has 0 rings (SSSR count). The van der Waals surface area contributed by atoms with Crippen molar-refractivity contribution in [3.63, 3.8) is 0 Å². The van der Waals surface area contributed by atoms with E-state index in [4.69, 9.17) is 4.74 Å². The Balaban J connectivity index is 0. The van der Waals surface area contributed by atoms with Crippen LogP contribution in [0.15, 0.2) is 4.99 Å². The molecule has 0 saturated heterocycles. The van der Waals surface area contributed by atoms with E-state index >= 15 is 0 Å². The van der Waals surface area contributed by atoms with Gasteiger partial charge < -0.3 is 20.3 Å². The molecule has 6 heteroatoms. The fraction of sp³-hybridized carbons (Fsp3) is 0.909. The Labute approximate surface area is 122 Å². The molecule has 104 valence electrons. The van der Waals surface area contributed by atoms with Gasteiger partial charge in [-0.05, 0) is 20.0 Å². The van der Waals surface area contributed by atoms with Gasteiger partial charge in [-0.1, -0.05) is 6.92 Å². The number of nitrogens with zero attached hydrogens (tertiary/aromatic N) is 2. The fourth-order valence-corrected chi connectivity index (χ4v) is 1.17. The minimum atomic E-state index is 0. The molecule has 0 heterocycles. The summed E-state index contributed by atoms with van der Waals surface area (Å²) in [7, 11) is 5.61. The van der Waals surface area contributed by atoms with Gasteiger partial charge in [0.1, 0.15) is 0 Å². The third-order valence-electron chi connectivity index (χ3n) is 2.37. The number of aliphatic imine (C=N–C) groups is 1. The van der Waals surface area contributed by atoms with Crippen molar-refractivity contribution >= 4 is 29.9 Å². The molecule has 2 N–H and O–H groups in total. The normalized spacial score (nSPS) is 11.2. The Morgan fingerprint density at radius 1 is 1.29 bits per heavy atom. The van der Waals surface area contributed by atoms with E-state index in [0.29, 0.717) is 0 Å². The first-order chi connectivity index (χ1) is 7.74. The maximum Gasteiger partial charge on any atom is 0.191 e. The molecule has 5 nitrogen and oxygen atoms in total. The van der Waals surface area contributed by atoms with Crippen molar-refractivity contribution in [3.8, 4) is 0 Å². The third kappa shape index (κ3) is 12.2. The van der Waals surface area contributed by atoms with Gasteiger partial charge in [0.2, 0.25) is 0 Å². The van der Waals surface area contributed by atoms with Crippen LogP contribution in [-0.2, 0) is 4.74 Å². The zero-order valence-electron chi connectivity index (χ0n) is 11.5. The van der Waals surface area contributed by atoms with Gasteiger partial charge in [0.05, 0.1) is 0 Å². The summed E-state index contributed by atoms with van der Waals surface area (Å²) >= 11 is 0. The van der Waals surface area contributed by atoms with Crippen LogP contribution in [0, 0.1) is 0 Å². The summed E-state index contributed by atoms with van der Waals surface area (Å²) in [4.78, 5) is 6.40. The van der Waals surface area contributed by atoms with E-state index in [1.54, 1.807) is 14.2 Å². The number of guanidine groups is 1. The number of rotatable bonds is 8. The van der Waals surface area contributed by atoms with Crippen LogP contribution in [-0.4, -0.2) is 64.9 Å². The summed E-state index contributed by atoms with van der Waals surface area (Å²) in [6, 6.07) is 0. The topological polar surface area (TPSA) is 48.9 Å². The molecule has 0 radical (unpaired) electrons. The Morgan fingerprint density at radius 3 is 2.47 bits per heavy atom. The van der Waals surface area contributed by atoms with Crippen molar-refractivity contribution in [3.05, 3.63) is 0 Å². The van der Waals surface area contributed by atoms with Crippen LogP contribution in [0.3, 0.4) is 0 Å². The minimum Gasteiger partial charge on any atom is -0.385 e. The van der Waals surface area contributed by atoms with Crippen LogP contribution < -0.4 is 10.6 Å².